The number of nitrogens with zero attached hydrogens (tertiary/aromatic N) is 4. The summed E-state index contributed by atoms with van der Waals surface area (Å²) in [5, 5.41) is 7.86. The van der Waals surface area contributed by atoms with Crippen LogP contribution in [0.5, 0.6) is 5.75 Å². The van der Waals surface area contributed by atoms with Crippen LogP contribution in [0.15, 0.2) is 33.3 Å². The monoisotopic (exact) mass is 284 g/mol. The molecule has 1 aliphatic rings. The number of hydrogen-bond donors (Lipinski definition) is 0. The fraction of sp³-hybridized carbons (Fsp3) is 0.286. The van der Waals surface area contributed by atoms with E-state index in [1.54, 1.807) is 7.11 Å². The second-order valence-corrected chi connectivity index (χ2v) is 4.88. The Morgan fingerprint density at radius 3 is 2.43 bits per heavy atom. The lowest BCUT2D eigenvalue weighted by Crippen LogP contribution is -1.84. The predicted octanol–water partition coefficient (Wildman–Crippen LogP) is 2.67. The molecule has 0 saturated heterocycles. The van der Waals surface area contributed by atoms with E-state index in [1.807, 2.05) is 24.3 Å². The molecule has 1 aliphatic carbocycles. The van der Waals surface area contributed by atoms with Crippen molar-refractivity contribution in [3.05, 3.63) is 30.1 Å². The molecule has 1 fully saturated rings. The number of methoxy groups -OCH3 is 1. The number of benzene rings is 1. The zero-order valence-corrected chi connectivity index (χ0v) is 11.3. The van der Waals surface area contributed by atoms with Crippen LogP contribution in [0.2, 0.25) is 0 Å². The zero-order chi connectivity index (χ0) is 14.2. The first kappa shape index (κ1) is 12.1. The molecule has 0 radical (unpaired) electrons. The van der Waals surface area contributed by atoms with E-state index in [4.69, 9.17) is 13.8 Å². The van der Waals surface area contributed by atoms with E-state index in [1.165, 1.54) is 0 Å². The highest BCUT2D eigenvalue weighted by atomic mass is 16.5. The van der Waals surface area contributed by atoms with Gasteiger partial charge in [-0.1, -0.05) is 10.3 Å². The predicted molar refractivity (Wildman–Crippen MR) is 71.6 cm³/mol. The van der Waals surface area contributed by atoms with Gasteiger partial charge in [0.15, 0.2) is 5.82 Å². The second-order valence-electron chi connectivity index (χ2n) is 4.88. The van der Waals surface area contributed by atoms with Crippen molar-refractivity contribution in [1.29, 1.82) is 0 Å². The van der Waals surface area contributed by atoms with Crippen molar-refractivity contribution in [3.63, 3.8) is 0 Å². The van der Waals surface area contributed by atoms with Gasteiger partial charge < -0.3 is 13.8 Å². The first-order valence-corrected chi connectivity index (χ1v) is 6.65. The molecule has 0 unspecified atom stereocenters. The van der Waals surface area contributed by atoms with E-state index in [9.17, 15) is 0 Å². The molecule has 106 valence electrons. The van der Waals surface area contributed by atoms with Crippen molar-refractivity contribution >= 4 is 0 Å². The maximum absolute atomic E-state index is 5.19. The van der Waals surface area contributed by atoms with E-state index in [-0.39, 0.29) is 11.8 Å². The van der Waals surface area contributed by atoms with Gasteiger partial charge in [0.25, 0.3) is 0 Å². The van der Waals surface area contributed by atoms with Crippen LogP contribution in [-0.2, 0) is 0 Å². The van der Waals surface area contributed by atoms with Crippen molar-refractivity contribution in [2.45, 2.75) is 18.8 Å². The van der Waals surface area contributed by atoms with Gasteiger partial charge in [0, 0.05) is 11.5 Å². The molecule has 0 spiro atoms. The molecule has 21 heavy (non-hydrogen) atoms. The molecule has 0 aliphatic heterocycles. The standard InChI is InChI=1S/C14H12N4O3/c1-19-10-6-4-9(5-7-10)12-16-14(21-18-12)13-15-11(17-20-13)8-2-3-8/h4-8H,2-3H2,1H3. The van der Waals surface area contributed by atoms with Crippen LogP contribution in [-0.4, -0.2) is 27.4 Å². The lowest BCUT2D eigenvalue weighted by atomic mass is 10.2. The average molecular weight is 284 g/mol. The maximum atomic E-state index is 5.19. The summed E-state index contributed by atoms with van der Waals surface area (Å²) in [4.78, 5) is 8.57. The van der Waals surface area contributed by atoms with Gasteiger partial charge in [-0.3, -0.25) is 0 Å². The number of hydrogen-bond acceptors (Lipinski definition) is 7. The van der Waals surface area contributed by atoms with Gasteiger partial charge in [-0.05, 0) is 37.1 Å². The Bertz CT molecular complexity index is 759. The molecule has 3 aromatic rings. The third kappa shape index (κ3) is 2.26. The average Bonchev–Trinajstić information content (AvgIpc) is 3.07. The van der Waals surface area contributed by atoms with Crippen molar-refractivity contribution < 1.29 is 13.8 Å². The Morgan fingerprint density at radius 2 is 1.71 bits per heavy atom. The Kier molecular flexibility index (Phi) is 2.70. The quantitative estimate of drug-likeness (QED) is 0.727. The van der Waals surface area contributed by atoms with Gasteiger partial charge in [0.1, 0.15) is 5.75 Å². The Balaban J connectivity index is 1.61. The minimum absolute atomic E-state index is 0.236. The number of ether oxygens (including phenoxy) is 1. The fourth-order valence-corrected chi connectivity index (χ4v) is 2.00. The molecular formula is C14H12N4O3. The summed E-state index contributed by atoms with van der Waals surface area (Å²) >= 11 is 0. The molecular weight excluding hydrogens is 272 g/mol. The summed E-state index contributed by atoms with van der Waals surface area (Å²) in [5.74, 6) is 2.89. The maximum Gasteiger partial charge on any atom is 0.316 e. The summed E-state index contributed by atoms with van der Waals surface area (Å²) in [6.45, 7) is 0. The molecule has 0 atom stereocenters. The molecule has 4 rings (SSSR count). The fourth-order valence-electron chi connectivity index (χ4n) is 2.00. The molecule has 0 amide bonds. The highest BCUT2D eigenvalue weighted by Crippen LogP contribution is 2.38. The van der Waals surface area contributed by atoms with E-state index in [0.717, 1.165) is 24.2 Å². The van der Waals surface area contributed by atoms with Gasteiger partial charge >= 0.3 is 11.8 Å². The summed E-state index contributed by atoms with van der Waals surface area (Å²) in [7, 11) is 1.62. The van der Waals surface area contributed by atoms with Crippen molar-refractivity contribution in [2.75, 3.05) is 7.11 Å². The van der Waals surface area contributed by atoms with E-state index in [2.05, 4.69) is 20.3 Å². The molecule has 7 nitrogen and oxygen atoms in total. The van der Waals surface area contributed by atoms with Crippen LogP contribution in [0, 0.1) is 0 Å². The summed E-state index contributed by atoms with van der Waals surface area (Å²) < 4.78 is 15.5. The van der Waals surface area contributed by atoms with Crippen molar-refractivity contribution in [2.24, 2.45) is 0 Å². The molecule has 2 aromatic heterocycles. The Hall–Kier alpha value is -2.70. The topological polar surface area (TPSA) is 87.1 Å². The third-order valence-electron chi connectivity index (χ3n) is 3.34. The molecule has 1 aromatic carbocycles. The first-order valence-electron chi connectivity index (χ1n) is 6.65. The van der Waals surface area contributed by atoms with Crippen LogP contribution in [0.1, 0.15) is 24.6 Å². The number of rotatable bonds is 4. The van der Waals surface area contributed by atoms with Gasteiger partial charge in [-0.25, -0.2) is 0 Å². The van der Waals surface area contributed by atoms with Gasteiger partial charge in [0.2, 0.25) is 5.82 Å². The van der Waals surface area contributed by atoms with Crippen LogP contribution < -0.4 is 4.74 Å². The highest BCUT2D eigenvalue weighted by Gasteiger charge is 2.30. The van der Waals surface area contributed by atoms with E-state index in [0.29, 0.717) is 17.6 Å². The SMILES string of the molecule is COc1ccc(-c2noc(-c3nc(C4CC4)no3)n2)cc1. The highest BCUT2D eigenvalue weighted by molar-refractivity contribution is 5.57. The molecule has 2 heterocycles. The Morgan fingerprint density at radius 1 is 1.00 bits per heavy atom. The zero-order valence-electron chi connectivity index (χ0n) is 11.3. The van der Waals surface area contributed by atoms with Crippen molar-refractivity contribution in [1.82, 2.24) is 20.3 Å². The van der Waals surface area contributed by atoms with E-state index >= 15 is 0 Å². The third-order valence-corrected chi connectivity index (χ3v) is 3.34. The molecule has 7 heteroatoms. The van der Waals surface area contributed by atoms with Crippen LogP contribution in [0.3, 0.4) is 0 Å². The Labute approximate surface area is 119 Å². The second kappa shape index (κ2) is 4.69. The molecule has 0 N–H and O–H groups in total. The first-order chi connectivity index (χ1) is 10.3. The number of aromatic nitrogens is 4. The minimum Gasteiger partial charge on any atom is -0.497 e. The lowest BCUT2D eigenvalue weighted by molar-refractivity contribution is 0.380. The summed E-state index contributed by atoms with van der Waals surface area (Å²) in [5.41, 5.74) is 0.827. The van der Waals surface area contributed by atoms with Crippen LogP contribution in [0.25, 0.3) is 23.2 Å². The van der Waals surface area contributed by atoms with E-state index < -0.39 is 0 Å². The largest absolute Gasteiger partial charge is 0.497 e. The van der Waals surface area contributed by atoms with Gasteiger partial charge in [0.05, 0.1) is 7.11 Å². The van der Waals surface area contributed by atoms with Crippen LogP contribution in [0.4, 0.5) is 0 Å². The minimum atomic E-state index is 0.236. The summed E-state index contributed by atoms with van der Waals surface area (Å²) in [6, 6.07) is 7.39. The van der Waals surface area contributed by atoms with Gasteiger partial charge in [-0.15, -0.1) is 0 Å². The normalized spacial score (nSPS) is 14.3. The molecule has 0 bridgehead atoms. The summed E-state index contributed by atoms with van der Waals surface area (Å²) in [6.07, 6.45) is 2.22. The lowest BCUT2D eigenvalue weighted by Gasteiger charge is -1.98. The van der Waals surface area contributed by atoms with Gasteiger partial charge in [-0.2, -0.15) is 9.97 Å². The van der Waals surface area contributed by atoms with Crippen molar-refractivity contribution in [3.8, 4) is 28.9 Å². The molecule has 1 saturated carbocycles. The van der Waals surface area contributed by atoms with Crippen LogP contribution >= 0.6 is 0 Å². The smallest absolute Gasteiger partial charge is 0.316 e.